The van der Waals surface area contributed by atoms with Gasteiger partial charge in [0.1, 0.15) is 11.6 Å². The van der Waals surface area contributed by atoms with Gasteiger partial charge in [0.25, 0.3) is 0 Å². The minimum Gasteiger partial charge on any atom is -0.478 e. The Bertz CT molecular complexity index is 1730. The predicted octanol–water partition coefficient (Wildman–Crippen LogP) is 6.12. The van der Waals surface area contributed by atoms with Gasteiger partial charge in [0.05, 0.1) is 35.8 Å². The van der Waals surface area contributed by atoms with E-state index in [0.29, 0.717) is 36.7 Å². The average molecular weight is 624 g/mol. The van der Waals surface area contributed by atoms with E-state index in [4.69, 9.17) is 10.2 Å². The third-order valence-corrected chi connectivity index (χ3v) is 8.28. The molecule has 3 heterocycles. The number of aromatic carboxylic acids is 1. The molecule has 1 aliphatic rings. The smallest absolute Gasteiger partial charge is 0.335 e. The summed E-state index contributed by atoms with van der Waals surface area (Å²) in [4.78, 5) is 27.5. The summed E-state index contributed by atoms with van der Waals surface area (Å²) >= 11 is 0. The molecule has 0 spiro atoms. The van der Waals surface area contributed by atoms with Crippen molar-refractivity contribution in [3.05, 3.63) is 119 Å². The van der Waals surface area contributed by atoms with Crippen molar-refractivity contribution in [2.24, 2.45) is 7.05 Å². The largest absolute Gasteiger partial charge is 0.478 e. The second-order valence-electron chi connectivity index (χ2n) is 11.6. The molecule has 2 aromatic carbocycles. The number of hydrogen-bond acceptors (Lipinski definition) is 7. The maximum atomic E-state index is 12.9. The van der Waals surface area contributed by atoms with E-state index in [1.807, 2.05) is 56.8 Å². The van der Waals surface area contributed by atoms with Gasteiger partial charge in [0, 0.05) is 62.5 Å². The summed E-state index contributed by atoms with van der Waals surface area (Å²) in [6, 6.07) is 18.1. The quantitative estimate of drug-likeness (QED) is 0.238. The Morgan fingerprint density at radius 1 is 1.17 bits per heavy atom. The summed E-state index contributed by atoms with van der Waals surface area (Å²) in [5, 5.41) is 18.0. The third-order valence-electron chi connectivity index (χ3n) is 8.28. The Labute approximate surface area is 270 Å². The van der Waals surface area contributed by atoms with Crippen LogP contribution in [0.1, 0.15) is 52.3 Å². The molecule has 1 fully saturated rings. The van der Waals surface area contributed by atoms with Gasteiger partial charge in [-0.3, -0.25) is 4.90 Å². The fourth-order valence-electron chi connectivity index (χ4n) is 5.47. The number of nitriles is 1. The SMILES string of the molecule is C=C(CN1CCN(c2cccc(C)n2)C[C@@H]1C)N(Cc1cncn1C)c1cc(C(=O)O)ccc1C.CCc1ccc(C#N)cc1F. The minimum atomic E-state index is -0.938. The predicted molar refractivity (Wildman–Crippen MR) is 179 cm³/mol. The van der Waals surface area contributed by atoms with Crippen molar-refractivity contribution >= 4 is 17.5 Å². The molecule has 240 valence electrons. The van der Waals surface area contributed by atoms with Crippen LogP contribution in [0, 0.1) is 31.0 Å². The van der Waals surface area contributed by atoms with Crippen LogP contribution in [-0.2, 0) is 20.0 Å². The van der Waals surface area contributed by atoms with Crippen molar-refractivity contribution in [3.63, 3.8) is 0 Å². The van der Waals surface area contributed by atoms with E-state index in [1.54, 1.807) is 30.6 Å². The summed E-state index contributed by atoms with van der Waals surface area (Å²) in [7, 11) is 1.96. The highest BCUT2D eigenvalue weighted by molar-refractivity contribution is 5.89. The molecule has 5 rings (SSSR count). The van der Waals surface area contributed by atoms with Crippen LogP contribution in [0.2, 0.25) is 0 Å². The van der Waals surface area contributed by atoms with Gasteiger partial charge >= 0.3 is 5.97 Å². The highest BCUT2D eigenvalue weighted by Gasteiger charge is 2.27. The molecule has 46 heavy (non-hydrogen) atoms. The van der Waals surface area contributed by atoms with Crippen molar-refractivity contribution in [3.8, 4) is 6.07 Å². The van der Waals surface area contributed by atoms with Crippen molar-refractivity contribution in [2.45, 2.75) is 46.7 Å². The Morgan fingerprint density at radius 2 is 1.96 bits per heavy atom. The van der Waals surface area contributed by atoms with Gasteiger partial charge in [-0.05, 0) is 74.7 Å². The molecular formula is C36H42FN7O2. The van der Waals surface area contributed by atoms with Gasteiger partial charge in [-0.2, -0.15) is 5.26 Å². The molecule has 0 bridgehead atoms. The first kappa shape index (κ1) is 33.9. The summed E-state index contributed by atoms with van der Waals surface area (Å²) < 4.78 is 14.9. The van der Waals surface area contributed by atoms with E-state index in [2.05, 4.69) is 45.3 Å². The number of pyridine rings is 1. The molecular weight excluding hydrogens is 581 g/mol. The molecule has 9 nitrogen and oxygen atoms in total. The van der Waals surface area contributed by atoms with Gasteiger partial charge in [-0.25, -0.2) is 19.2 Å². The molecule has 0 amide bonds. The van der Waals surface area contributed by atoms with Crippen LogP contribution in [-0.4, -0.2) is 62.7 Å². The number of carboxylic acid groups (broad SMARTS) is 1. The Kier molecular flexibility index (Phi) is 11.3. The second-order valence-corrected chi connectivity index (χ2v) is 11.6. The number of piperazine rings is 1. The lowest BCUT2D eigenvalue weighted by atomic mass is 10.1. The van der Waals surface area contributed by atoms with Gasteiger partial charge in [-0.1, -0.05) is 31.7 Å². The highest BCUT2D eigenvalue weighted by Crippen LogP contribution is 2.28. The number of halogens is 1. The van der Waals surface area contributed by atoms with Crippen molar-refractivity contribution in [2.75, 3.05) is 36.0 Å². The average Bonchev–Trinajstić information content (AvgIpc) is 3.45. The van der Waals surface area contributed by atoms with Gasteiger partial charge in [-0.15, -0.1) is 0 Å². The monoisotopic (exact) mass is 623 g/mol. The number of benzene rings is 2. The van der Waals surface area contributed by atoms with Gasteiger partial charge in [0.15, 0.2) is 0 Å². The summed E-state index contributed by atoms with van der Waals surface area (Å²) in [5.74, 6) is -0.201. The van der Waals surface area contributed by atoms with E-state index in [-0.39, 0.29) is 11.4 Å². The van der Waals surface area contributed by atoms with Crippen LogP contribution in [0.15, 0.2) is 79.4 Å². The van der Waals surface area contributed by atoms with Crippen molar-refractivity contribution in [1.82, 2.24) is 19.4 Å². The first-order valence-electron chi connectivity index (χ1n) is 15.4. The third kappa shape index (κ3) is 8.37. The summed E-state index contributed by atoms with van der Waals surface area (Å²) in [6.07, 6.45) is 4.28. The number of nitrogens with zero attached hydrogens (tertiary/aromatic N) is 7. The number of imidazole rings is 1. The summed E-state index contributed by atoms with van der Waals surface area (Å²) in [6.45, 7) is 16.5. The molecule has 0 radical (unpaired) electrons. The van der Waals surface area contributed by atoms with Crippen LogP contribution in [0.5, 0.6) is 0 Å². The second kappa shape index (κ2) is 15.3. The Balaban J connectivity index is 0.000000369. The molecule has 4 aromatic rings. The van der Waals surface area contributed by atoms with Crippen LogP contribution in [0.25, 0.3) is 0 Å². The first-order valence-corrected chi connectivity index (χ1v) is 15.4. The normalized spacial score (nSPS) is 14.6. The fourth-order valence-corrected chi connectivity index (χ4v) is 5.47. The Morgan fingerprint density at radius 3 is 2.57 bits per heavy atom. The molecule has 0 aliphatic carbocycles. The molecule has 0 saturated carbocycles. The zero-order valence-electron chi connectivity index (χ0n) is 27.2. The number of carboxylic acids is 1. The number of hydrogen-bond donors (Lipinski definition) is 1. The zero-order valence-corrected chi connectivity index (χ0v) is 27.2. The maximum Gasteiger partial charge on any atom is 0.335 e. The topological polar surface area (TPSA) is 102 Å². The number of aryl methyl sites for hydroxylation is 4. The number of carbonyl (C=O) groups is 1. The fraction of sp³-hybridized carbons (Fsp3) is 0.333. The lowest BCUT2D eigenvalue weighted by Crippen LogP contribution is -2.53. The Hall–Kier alpha value is -5.01. The lowest BCUT2D eigenvalue weighted by Gasteiger charge is -2.42. The van der Waals surface area contributed by atoms with Crippen molar-refractivity contribution in [1.29, 1.82) is 5.26 Å². The molecule has 1 aliphatic heterocycles. The highest BCUT2D eigenvalue weighted by atomic mass is 19.1. The van der Waals surface area contributed by atoms with Crippen LogP contribution in [0.3, 0.4) is 0 Å². The first-order chi connectivity index (χ1) is 22.0. The summed E-state index contributed by atoms with van der Waals surface area (Å²) in [5.41, 5.74) is 6.12. The van der Waals surface area contributed by atoms with E-state index in [0.717, 1.165) is 53.8 Å². The van der Waals surface area contributed by atoms with E-state index < -0.39 is 5.97 Å². The lowest BCUT2D eigenvalue weighted by molar-refractivity contribution is 0.0697. The standard InChI is InChI=1S/C27H34N6O2.C9H8FN/c1-19-9-10-23(27(34)35)13-25(19)33(17-24-14-28-18-30(24)5)22(4)16-31-11-12-32(15-21(31)3)26-8-6-7-20(2)29-26;1-2-8-4-3-7(6-11)5-9(8)10/h6-10,13-14,18,21H,4,11-12,15-17H2,1-3,5H3,(H,34,35);3-5H,2H2,1H3/t21-;/m0./s1. The van der Waals surface area contributed by atoms with Gasteiger partial charge in [0.2, 0.25) is 0 Å². The minimum absolute atomic E-state index is 0.265. The van der Waals surface area contributed by atoms with Crippen LogP contribution in [0.4, 0.5) is 15.9 Å². The van der Waals surface area contributed by atoms with E-state index >= 15 is 0 Å². The number of anilines is 2. The van der Waals surface area contributed by atoms with E-state index in [9.17, 15) is 14.3 Å². The van der Waals surface area contributed by atoms with Crippen LogP contribution < -0.4 is 9.80 Å². The molecule has 1 atom stereocenters. The zero-order chi connectivity index (χ0) is 33.4. The molecule has 1 N–H and O–H groups in total. The van der Waals surface area contributed by atoms with Gasteiger partial charge < -0.3 is 19.5 Å². The number of rotatable bonds is 9. The number of aromatic nitrogens is 3. The molecule has 10 heteroatoms. The van der Waals surface area contributed by atoms with Crippen LogP contribution >= 0.6 is 0 Å². The molecule has 2 aromatic heterocycles. The van der Waals surface area contributed by atoms with E-state index in [1.165, 1.54) is 6.07 Å². The van der Waals surface area contributed by atoms with Crippen molar-refractivity contribution < 1.29 is 14.3 Å². The molecule has 1 saturated heterocycles. The maximum absolute atomic E-state index is 12.9. The molecule has 0 unspecified atom stereocenters.